The molecule has 0 atom stereocenters. The predicted molar refractivity (Wildman–Crippen MR) is 105 cm³/mol. The number of carbonyl (C=O) groups excluding carboxylic acids is 1. The standard InChI is InChI=1S/C19H22N6OS/c1-14-7-9-24(10-8-14)12-15-13-27-19(21-15)22-18(26)17-11-20-25(23-17)16-5-3-2-4-6-16/h2-6,11,13-14H,7-10,12H2,1H3,(H,21,22,26). The van der Waals surface area contributed by atoms with Crippen molar-refractivity contribution in [1.82, 2.24) is 24.9 Å². The van der Waals surface area contributed by atoms with E-state index in [2.05, 4.69) is 32.3 Å². The molecule has 140 valence electrons. The minimum atomic E-state index is -0.301. The second-order valence-electron chi connectivity index (χ2n) is 6.91. The number of likely N-dealkylation sites (tertiary alicyclic amines) is 1. The van der Waals surface area contributed by atoms with Crippen LogP contribution in [-0.4, -0.2) is 43.9 Å². The van der Waals surface area contributed by atoms with Crippen molar-refractivity contribution < 1.29 is 4.79 Å². The zero-order valence-corrected chi connectivity index (χ0v) is 16.0. The summed E-state index contributed by atoms with van der Waals surface area (Å²) in [6, 6.07) is 9.49. The molecule has 1 amide bonds. The minimum Gasteiger partial charge on any atom is -0.297 e. The topological polar surface area (TPSA) is 75.9 Å². The number of nitrogens with zero attached hydrogens (tertiary/aromatic N) is 5. The second kappa shape index (κ2) is 7.98. The van der Waals surface area contributed by atoms with Crippen molar-refractivity contribution in [3.05, 3.63) is 53.3 Å². The molecule has 27 heavy (non-hydrogen) atoms. The summed E-state index contributed by atoms with van der Waals surface area (Å²) in [6.45, 7) is 5.37. The molecule has 8 heteroatoms. The van der Waals surface area contributed by atoms with E-state index in [0.29, 0.717) is 5.13 Å². The molecule has 0 saturated carbocycles. The maximum Gasteiger partial charge on any atom is 0.279 e. The first-order valence-corrected chi connectivity index (χ1v) is 10.0. The molecule has 0 unspecified atom stereocenters. The molecule has 3 heterocycles. The second-order valence-corrected chi connectivity index (χ2v) is 7.77. The van der Waals surface area contributed by atoms with E-state index < -0.39 is 0 Å². The van der Waals surface area contributed by atoms with Crippen molar-refractivity contribution in [2.45, 2.75) is 26.3 Å². The Morgan fingerprint density at radius 1 is 1.26 bits per heavy atom. The Morgan fingerprint density at radius 2 is 2.04 bits per heavy atom. The van der Waals surface area contributed by atoms with Crippen LogP contribution in [0.25, 0.3) is 5.69 Å². The van der Waals surface area contributed by atoms with Crippen LogP contribution in [0, 0.1) is 5.92 Å². The van der Waals surface area contributed by atoms with Crippen LogP contribution in [0.5, 0.6) is 0 Å². The molecule has 1 aliphatic heterocycles. The minimum absolute atomic E-state index is 0.264. The van der Waals surface area contributed by atoms with Crippen molar-refractivity contribution in [2.24, 2.45) is 5.92 Å². The molecule has 0 spiro atoms. The maximum absolute atomic E-state index is 12.4. The third-order valence-electron chi connectivity index (χ3n) is 4.75. The third-order valence-corrected chi connectivity index (χ3v) is 5.55. The average Bonchev–Trinajstić information content (AvgIpc) is 3.34. The fourth-order valence-corrected chi connectivity index (χ4v) is 3.80. The third kappa shape index (κ3) is 4.40. The molecule has 1 fully saturated rings. The molecule has 0 aliphatic carbocycles. The van der Waals surface area contributed by atoms with Gasteiger partial charge in [-0.15, -0.1) is 16.4 Å². The summed E-state index contributed by atoms with van der Waals surface area (Å²) in [4.78, 5) is 20.8. The molecule has 2 aromatic heterocycles. The van der Waals surface area contributed by atoms with Gasteiger partial charge in [-0.25, -0.2) is 4.98 Å². The molecule has 4 rings (SSSR count). The van der Waals surface area contributed by atoms with Crippen LogP contribution in [0.4, 0.5) is 5.13 Å². The van der Waals surface area contributed by atoms with Gasteiger partial charge in [-0.2, -0.15) is 9.90 Å². The Kier molecular flexibility index (Phi) is 5.26. The Labute approximate surface area is 162 Å². The summed E-state index contributed by atoms with van der Waals surface area (Å²) in [6.07, 6.45) is 3.95. The highest BCUT2D eigenvalue weighted by Gasteiger charge is 2.18. The van der Waals surface area contributed by atoms with Crippen LogP contribution in [0.15, 0.2) is 41.9 Å². The number of amides is 1. The van der Waals surface area contributed by atoms with Crippen molar-refractivity contribution >= 4 is 22.4 Å². The van der Waals surface area contributed by atoms with Gasteiger partial charge in [-0.3, -0.25) is 15.0 Å². The van der Waals surface area contributed by atoms with E-state index in [0.717, 1.165) is 36.9 Å². The number of piperidine rings is 1. The van der Waals surface area contributed by atoms with Crippen LogP contribution < -0.4 is 5.32 Å². The highest BCUT2D eigenvalue weighted by atomic mass is 32.1. The number of benzene rings is 1. The van der Waals surface area contributed by atoms with Crippen LogP contribution in [0.3, 0.4) is 0 Å². The van der Waals surface area contributed by atoms with E-state index in [1.165, 1.54) is 35.2 Å². The molecule has 1 saturated heterocycles. The van der Waals surface area contributed by atoms with Crippen molar-refractivity contribution in [1.29, 1.82) is 0 Å². The molecule has 0 radical (unpaired) electrons. The number of aromatic nitrogens is 4. The molecule has 1 aliphatic rings. The number of rotatable bonds is 5. The number of carbonyl (C=O) groups is 1. The van der Waals surface area contributed by atoms with Crippen LogP contribution in [0.2, 0.25) is 0 Å². The van der Waals surface area contributed by atoms with Crippen molar-refractivity contribution in [3.8, 4) is 5.69 Å². The molecule has 1 aromatic carbocycles. The number of thiazole rings is 1. The molecule has 3 aromatic rings. The summed E-state index contributed by atoms with van der Waals surface area (Å²) < 4.78 is 0. The number of para-hydroxylation sites is 1. The molecule has 1 N–H and O–H groups in total. The van der Waals surface area contributed by atoms with Gasteiger partial charge in [0.1, 0.15) is 0 Å². The quantitative estimate of drug-likeness (QED) is 0.733. The first kappa shape index (κ1) is 17.8. The molecule has 0 bridgehead atoms. The van der Waals surface area contributed by atoms with Gasteiger partial charge >= 0.3 is 0 Å². The Hall–Kier alpha value is -2.58. The van der Waals surface area contributed by atoms with Gasteiger partial charge in [0.2, 0.25) is 0 Å². The van der Waals surface area contributed by atoms with Gasteiger partial charge in [0.05, 0.1) is 17.6 Å². The number of hydrogen-bond donors (Lipinski definition) is 1. The van der Waals surface area contributed by atoms with E-state index in [-0.39, 0.29) is 11.6 Å². The van der Waals surface area contributed by atoms with E-state index in [4.69, 9.17) is 0 Å². The monoisotopic (exact) mass is 382 g/mol. The predicted octanol–water partition coefficient (Wildman–Crippen LogP) is 3.21. The summed E-state index contributed by atoms with van der Waals surface area (Å²) in [5.41, 5.74) is 2.07. The van der Waals surface area contributed by atoms with Gasteiger partial charge in [0.15, 0.2) is 10.8 Å². The largest absolute Gasteiger partial charge is 0.297 e. The Morgan fingerprint density at radius 3 is 2.81 bits per heavy atom. The average molecular weight is 382 g/mol. The number of anilines is 1. The molecular formula is C19H22N6OS. The lowest BCUT2D eigenvalue weighted by Crippen LogP contribution is -2.32. The number of nitrogens with one attached hydrogen (secondary N) is 1. The molecular weight excluding hydrogens is 360 g/mol. The van der Waals surface area contributed by atoms with Gasteiger partial charge in [0, 0.05) is 11.9 Å². The molecule has 7 nitrogen and oxygen atoms in total. The fourth-order valence-electron chi connectivity index (χ4n) is 3.10. The Bertz CT molecular complexity index is 898. The summed E-state index contributed by atoms with van der Waals surface area (Å²) in [5.74, 6) is 0.515. The first-order valence-electron chi connectivity index (χ1n) is 9.13. The van der Waals surface area contributed by atoms with E-state index in [1.54, 1.807) is 0 Å². The van der Waals surface area contributed by atoms with Crippen LogP contribution >= 0.6 is 11.3 Å². The van der Waals surface area contributed by atoms with Gasteiger partial charge in [-0.05, 0) is 44.0 Å². The van der Waals surface area contributed by atoms with Crippen molar-refractivity contribution in [2.75, 3.05) is 18.4 Å². The normalized spacial score (nSPS) is 15.7. The summed E-state index contributed by atoms with van der Waals surface area (Å²) >= 11 is 1.44. The lowest BCUT2D eigenvalue weighted by atomic mass is 9.99. The van der Waals surface area contributed by atoms with Gasteiger partial charge < -0.3 is 0 Å². The van der Waals surface area contributed by atoms with Gasteiger partial charge in [0.25, 0.3) is 5.91 Å². The van der Waals surface area contributed by atoms with Crippen LogP contribution in [0.1, 0.15) is 35.9 Å². The fraction of sp³-hybridized carbons (Fsp3) is 0.368. The van der Waals surface area contributed by atoms with E-state index in [1.807, 2.05) is 35.7 Å². The smallest absolute Gasteiger partial charge is 0.279 e. The zero-order valence-electron chi connectivity index (χ0n) is 15.2. The Balaban J connectivity index is 1.36. The number of hydrogen-bond acceptors (Lipinski definition) is 6. The zero-order chi connectivity index (χ0) is 18.6. The summed E-state index contributed by atoms with van der Waals surface area (Å²) in [7, 11) is 0. The van der Waals surface area contributed by atoms with Gasteiger partial charge in [-0.1, -0.05) is 25.1 Å². The lowest BCUT2D eigenvalue weighted by molar-refractivity contribution is 0.102. The van der Waals surface area contributed by atoms with Crippen molar-refractivity contribution in [3.63, 3.8) is 0 Å². The first-order chi connectivity index (χ1) is 13.2. The van der Waals surface area contributed by atoms with Crippen LogP contribution in [-0.2, 0) is 6.54 Å². The SMILES string of the molecule is CC1CCN(Cc2csc(NC(=O)c3cnn(-c4ccccc4)n3)n2)CC1. The maximum atomic E-state index is 12.4. The highest BCUT2D eigenvalue weighted by Crippen LogP contribution is 2.21. The highest BCUT2D eigenvalue weighted by molar-refractivity contribution is 7.13. The lowest BCUT2D eigenvalue weighted by Gasteiger charge is -2.29. The van der Waals surface area contributed by atoms with E-state index >= 15 is 0 Å². The van der Waals surface area contributed by atoms with E-state index in [9.17, 15) is 4.79 Å². The summed E-state index contributed by atoms with van der Waals surface area (Å²) in [5, 5.41) is 13.8.